The van der Waals surface area contributed by atoms with Crippen LogP contribution in [0.3, 0.4) is 0 Å². The topological polar surface area (TPSA) is 59.1 Å². The second-order valence-corrected chi connectivity index (χ2v) is 8.17. The summed E-state index contributed by atoms with van der Waals surface area (Å²) in [6, 6.07) is -0.0131. The van der Waals surface area contributed by atoms with Gasteiger partial charge in [-0.2, -0.15) is 0 Å². The molecule has 0 aliphatic carbocycles. The summed E-state index contributed by atoms with van der Waals surface area (Å²) in [4.78, 5) is 4.42. The van der Waals surface area contributed by atoms with Crippen molar-refractivity contribution in [3.63, 3.8) is 0 Å². The second-order valence-electron chi connectivity index (χ2n) is 4.88. The zero-order valence-corrected chi connectivity index (χ0v) is 12.5. The number of hydrogen-bond donors (Lipinski definition) is 1. The Hall–Kier alpha value is -0.460. The smallest absolute Gasteiger partial charge is 0.154 e. The molecule has 0 radical (unpaired) electrons. The fraction of sp³-hybridized carbons (Fsp3) is 0.750. The lowest BCUT2D eigenvalue weighted by atomic mass is 10.0. The first-order chi connectivity index (χ1) is 8.53. The van der Waals surface area contributed by atoms with Gasteiger partial charge in [-0.25, -0.2) is 13.4 Å². The predicted molar refractivity (Wildman–Crippen MR) is 74.8 cm³/mol. The summed E-state index contributed by atoms with van der Waals surface area (Å²) in [6.07, 6.45) is 3.31. The normalized spacial score (nSPS) is 24.9. The van der Waals surface area contributed by atoms with Crippen LogP contribution in [0.2, 0.25) is 0 Å². The van der Waals surface area contributed by atoms with Gasteiger partial charge in [0.15, 0.2) is 9.84 Å². The Labute approximate surface area is 113 Å². The van der Waals surface area contributed by atoms with E-state index in [4.69, 9.17) is 0 Å². The number of sulfone groups is 1. The van der Waals surface area contributed by atoms with Crippen LogP contribution < -0.4 is 5.32 Å². The molecular formula is C12H20N2O2S2. The third-order valence-electron chi connectivity index (χ3n) is 3.51. The molecule has 1 aromatic rings. The molecule has 102 valence electrons. The third kappa shape index (κ3) is 3.10. The predicted octanol–water partition coefficient (Wildman–Crippen LogP) is 1.55. The van der Waals surface area contributed by atoms with Crippen molar-refractivity contribution in [3.05, 3.63) is 16.1 Å². The van der Waals surface area contributed by atoms with Crippen molar-refractivity contribution in [2.45, 2.75) is 43.9 Å². The van der Waals surface area contributed by atoms with Crippen molar-refractivity contribution in [1.29, 1.82) is 0 Å². The maximum atomic E-state index is 12.1. The number of thiazole rings is 1. The largest absolute Gasteiger partial charge is 0.315 e. The lowest BCUT2D eigenvalue weighted by molar-refractivity contribution is 0.456. The van der Waals surface area contributed by atoms with Crippen molar-refractivity contribution in [3.8, 4) is 0 Å². The summed E-state index contributed by atoms with van der Waals surface area (Å²) in [6.45, 7) is 1.96. The van der Waals surface area contributed by atoms with Crippen LogP contribution in [0.4, 0.5) is 0 Å². The Morgan fingerprint density at radius 1 is 1.56 bits per heavy atom. The standard InChI is InChI=1S/C12H20N2O2S2/c1-9-8-17-12(14-9)7-10(13-2)11-5-3-4-6-18(11,15)16/h8,10-11,13H,3-7H2,1-2H3. The van der Waals surface area contributed by atoms with Gasteiger partial charge in [0.2, 0.25) is 0 Å². The minimum Gasteiger partial charge on any atom is -0.315 e. The van der Waals surface area contributed by atoms with E-state index in [0.717, 1.165) is 30.0 Å². The number of nitrogens with one attached hydrogen (secondary N) is 1. The zero-order valence-electron chi connectivity index (χ0n) is 10.8. The molecule has 6 heteroatoms. The minimum atomic E-state index is -2.93. The molecule has 2 heterocycles. The number of aryl methyl sites for hydroxylation is 1. The lowest BCUT2D eigenvalue weighted by Crippen LogP contribution is -2.46. The molecule has 0 bridgehead atoms. The van der Waals surface area contributed by atoms with E-state index in [9.17, 15) is 8.42 Å². The molecule has 1 aliphatic heterocycles. The first-order valence-electron chi connectivity index (χ1n) is 6.33. The highest BCUT2D eigenvalue weighted by Gasteiger charge is 2.35. The van der Waals surface area contributed by atoms with Gasteiger partial charge >= 0.3 is 0 Å². The summed E-state index contributed by atoms with van der Waals surface area (Å²) in [5.74, 6) is 0.340. The molecule has 0 saturated carbocycles. The number of aromatic nitrogens is 1. The molecule has 1 N–H and O–H groups in total. The van der Waals surface area contributed by atoms with Crippen LogP contribution in [0.15, 0.2) is 5.38 Å². The molecule has 4 nitrogen and oxygen atoms in total. The second kappa shape index (κ2) is 5.67. The molecule has 1 aliphatic rings. The Morgan fingerprint density at radius 2 is 2.33 bits per heavy atom. The van der Waals surface area contributed by atoms with Gasteiger partial charge in [0.1, 0.15) is 0 Å². The Kier molecular flexibility index (Phi) is 4.40. The molecule has 2 unspecified atom stereocenters. The van der Waals surface area contributed by atoms with Gasteiger partial charge < -0.3 is 5.32 Å². The highest BCUT2D eigenvalue weighted by atomic mass is 32.2. The summed E-state index contributed by atoms with van der Waals surface area (Å²) < 4.78 is 24.2. The van der Waals surface area contributed by atoms with Crippen molar-refractivity contribution in [2.24, 2.45) is 0 Å². The Balaban J connectivity index is 2.12. The number of rotatable bonds is 4. The van der Waals surface area contributed by atoms with Crippen LogP contribution in [-0.4, -0.2) is 37.5 Å². The average Bonchev–Trinajstić information content (AvgIpc) is 2.72. The molecule has 0 amide bonds. The van der Waals surface area contributed by atoms with Crippen molar-refractivity contribution < 1.29 is 8.42 Å². The van der Waals surface area contributed by atoms with Gasteiger partial charge in [-0.15, -0.1) is 11.3 Å². The van der Waals surface area contributed by atoms with E-state index < -0.39 is 9.84 Å². The maximum absolute atomic E-state index is 12.1. The molecule has 0 aromatic carbocycles. The van der Waals surface area contributed by atoms with Gasteiger partial charge in [-0.1, -0.05) is 6.42 Å². The highest BCUT2D eigenvalue weighted by molar-refractivity contribution is 7.92. The highest BCUT2D eigenvalue weighted by Crippen LogP contribution is 2.24. The van der Waals surface area contributed by atoms with E-state index in [1.54, 1.807) is 11.3 Å². The molecule has 0 spiro atoms. The summed E-state index contributed by atoms with van der Waals surface area (Å²) >= 11 is 1.61. The zero-order chi connectivity index (χ0) is 13.2. The van der Waals surface area contributed by atoms with Gasteiger partial charge in [-0.05, 0) is 26.8 Å². The number of nitrogens with zero attached hydrogens (tertiary/aromatic N) is 1. The van der Waals surface area contributed by atoms with E-state index in [1.165, 1.54) is 0 Å². The van der Waals surface area contributed by atoms with E-state index in [1.807, 2.05) is 19.4 Å². The lowest BCUT2D eigenvalue weighted by Gasteiger charge is -2.29. The van der Waals surface area contributed by atoms with Crippen LogP contribution >= 0.6 is 11.3 Å². The minimum absolute atomic E-state index is 0.0131. The van der Waals surface area contributed by atoms with E-state index >= 15 is 0 Å². The number of hydrogen-bond acceptors (Lipinski definition) is 5. The maximum Gasteiger partial charge on any atom is 0.154 e. The van der Waals surface area contributed by atoms with Crippen molar-refractivity contribution >= 4 is 21.2 Å². The first-order valence-corrected chi connectivity index (χ1v) is 8.92. The Bertz CT molecular complexity index is 496. The third-order valence-corrected chi connectivity index (χ3v) is 6.84. The molecule has 2 atom stereocenters. The summed E-state index contributed by atoms with van der Waals surface area (Å²) in [7, 11) is -1.09. The fourth-order valence-corrected chi connectivity index (χ4v) is 5.53. The van der Waals surface area contributed by atoms with Crippen LogP contribution in [0.1, 0.15) is 30.0 Å². The van der Waals surface area contributed by atoms with E-state index in [0.29, 0.717) is 12.2 Å². The average molecular weight is 288 g/mol. The van der Waals surface area contributed by atoms with E-state index in [-0.39, 0.29) is 11.3 Å². The number of likely N-dealkylation sites (N-methyl/N-ethyl adjacent to an activating group) is 1. The molecule has 1 saturated heterocycles. The molecule has 1 fully saturated rings. The molecule has 2 rings (SSSR count). The van der Waals surface area contributed by atoms with Crippen molar-refractivity contribution in [2.75, 3.05) is 12.8 Å². The summed E-state index contributed by atoms with van der Waals surface area (Å²) in [5, 5.41) is 5.96. The van der Waals surface area contributed by atoms with E-state index in [2.05, 4.69) is 10.3 Å². The van der Waals surface area contributed by atoms with Gasteiger partial charge in [0.05, 0.1) is 16.0 Å². The first kappa shape index (κ1) is 14.0. The molecule has 18 heavy (non-hydrogen) atoms. The monoisotopic (exact) mass is 288 g/mol. The van der Waals surface area contributed by atoms with Crippen LogP contribution in [0.5, 0.6) is 0 Å². The quantitative estimate of drug-likeness (QED) is 0.913. The Morgan fingerprint density at radius 3 is 2.89 bits per heavy atom. The SMILES string of the molecule is CNC(Cc1nc(C)cs1)C1CCCCS1(=O)=O. The fourth-order valence-electron chi connectivity index (χ4n) is 2.54. The van der Waals surface area contributed by atoms with Crippen molar-refractivity contribution in [1.82, 2.24) is 10.3 Å². The van der Waals surface area contributed by atoms with Gasteiger partial charge in [-0.3, -0.25) is 0 Å². The van der Waals surface area contributed by atoms with Crippen LogP contribution in [-0.2, 0) is 16.3 Å². The van der Waals surface area contributed by atoms with Gasteiger partial charge in [0, 0.05) is 23.5 Å². The molecular weight excluding hydrogens is 268 g/mol. The van der Waals surface area contributed by atoms with Crippen LogP contribution in [0, 0.1) is 6.92 Å². The summed E-state index contributed by atoms with van der Waals surface area (Å²) in [5.41, 5.74) is 1.01. The molecule has 1 aromatic heterocycles. The van der Waals surface area contributed by atoms with Crippen LogP contribution in [0.25, 0.3) is 0 Å². The van der Waals surface area contributed by atoms with Gasteiger partial charge in [0.25, 0.3) is 0 Å².